The van der Waals surface area contributed by atoms with Crippen LogP contribution < -0.4 is 5.32 Å². The van der Waals surface area contributed by atoms with Crippen LogP contribution >= 0.6 is 0 Å². The second-order valence-electron chi connectivity index (χ2n) is 9.80. The summed E-state index contributed by atoms with van der Waals surface area (Å²) in [5, 5.41) is 21.2. The SMILES string of the molecule is CCC=CCC=CCC=C(CC)CC=CCC=CCCCC(=O)OCC(C)(C)C(O)C(=O)NCCC(=O)O. The zero-order valence-electron chi connectivity index (χ0n) is 23.8. The van der Waals surface area contributed by atoms with Crippen LogP contribution in [0.4, 0.5) is 0 Å². The fourth-order valence-electron chi connectivity index (χ4n) is 3.29. The number of aliphatic hydroxyl groups excluding tert-OH is 1. The largest absolute Gasteiger partial charge is 0.481 e. The van der Waals surface area contributed by atoms with E-state index in [0.29, 0.717) is 6.42 Å². The molecule has 0 heterocycles. The summed E-state index contributed by atoms with van der Waals surface area (Å²) in [6, 6.07) is 0. The van der Waals surface area contributed by atoms with Crippen molar-refractivity contribution in [2.75, 3.05) is 13.2 Å². The van der Waals surface area contributed by atoms with Crippen LogP contribution in [0.15, 0.2) is 60.3 Å². The van der Waals surface area contributed by atoms with Crippen LogP contribution in [0.5, 0.6) is 0 Å². The van der Waals surface area contributed by atoms with Crippen molar-refractivity contribution in [1.29, 1.82) is 0 Å². The van der Waals surface area contributed by atoms with Gasteiger partial charge in [0, 0.05) is 18.4 Å². The molecule has 0 aliphatic rings. The highest BCUT2D eigenvalue weighted by atomic mass is 16.5. The average molecular weight is 532 g/mol. The molecular weight excluding hydrogens is 482 g/mol. The van der Waals surface area contributed by atoms with Gasteiger partial charge in [-0.25, -0.2) is 0 Å². The Morgan fingerprint density at radius 2 is 1.53 bits per heavy atom. The Balaban J connectivity index is 4.12. The zero-order valence-corrected chi connectivity index (χ0v) is 23.8. The van der Waals surface area contributed by atoms with Gasteiger partial charge in [0.05, 0.1) is 13.0 Å². The second kappa shape index (κ2) is 22.1. The van der Waals surface area contributed by atoms with Gasteiger partial charge in [-0.1, -0.05) is 88.0 Å². The minimum atomic E-state index is -1.42. The third kappa shape index (κ3) is 19.2. The van der Waals surface area contributed by atoms with Crippen molar-refractivity contribution in [2.24, 2.45) is 5.41 Å². The van der Waals surface area contributed by atoms with E-state index in [1.54, 1.807) is 13.8 Å². The monoisotopic (exact) mass is 531 g/mol. The molecule has 0 aromatic heterocycles. The lowest BCUT2D eigenvalue weighted by molar-refractivity contribution is -0.153. The minimum Gasteiger partial charge on any atom is -0.481 e. The number of aliphatic carboxylic acids is 1. The van der Waals surface area contributed by atoms with Gasteiger partial charge < -0.3 is 20.3 Å². The number of aliphatic hydroxyl groups is 1. The van der Waals surface area contributed by atoms with E-state index >= 15 is 0 Å². The van der Waals surface area contributed by atoms with Crippen LogP contribution in [-0.4, -0.2) is 47.3 Å². The van der Waals surface area contributed by atoms with Crippen molar-refractivity contribution in [3.05, 3.63) is 60.3 Å². The van der Waals surface area contributed by atoms with E-state index in [9.17, 15) is 19.5 Å². The predicted octanol–water partition coefficient (Wildman–Crippen LogP) is 6.21. The summed E-state index contributed by atoms with van der Waals surface area (Å²) in [7, 11) is 0. The number of hydrogen-bond donors (Lipinski definition) is 3. The third-order valence-electron chi connectivity index (χ3n) is 5.81. The number of carboxylic acids is 1. The van der Waals surface area contributed by atoms with E-state index in [1.807, 2.05) is 0 Å². The van der Waals surface area contributed by atoms with E-state index in [0.717, 1.165) is 44.9 Å². The summed E-state index contributed by atoms with van der Waals surface area (Å²) in [6.45, 7) is 7.37. The summed E-state index contributed by atoms with van der Waals surface area (Å²) in [4.78, 5) is 34.5. The first-order chi connectivity index (χ1) is 18.1. The molecule has 0 bridgehead atoms. The molecular formula is C31H49NO6. The van der Waals surface area contributed by atoms with Crippen molar-refractivity contribution in [3.63, 3.8) is 0 Å². The van der Waals surface area contributed by atoms with Crippen LogP contribution in [0.2, 0.25) is 0 Å². The highest BCUT2D eigenvalue weighted by Crippen LogP contribution is 2.22. The lowest BCUT2D eigenvalue weighted by Gasteiger charge is -2.28. The van der Waals surface area contributed by atoms with E-state index in [1.165, 1.54) is 5.57 Å². The van der Waals surface area contributed by atoms with Crippen molar-refractivity contribution in [2.45, 2.75) is 98.0 Å². The molecule has 0 saturated carbocycles. The molecule has 1 unspecified atom stereocenters. The number of esters is 1. The Hall–Kier alpha value is -2.93. The van der Waals surface area contributed by atoms with Gasteiger partial charge in [0.25, 0.3) is 0 Å². The van der Waals surface area contributed by atoms with Gasteiger partial charge in [-0.15, -0.1) is 0 Å². The zero-order chi connectivity index (χ0) is 28.7. The van der Waals surface area contributed by atoms with Crippen LogP contribution in [0, 0.1) is 5.41 Å². The fraction of sp³-hybridized carbons (Fsp3) is 0.581. The topological polar surface area (TPSA) is 113 Å². The third-order valence-corrected chi connectivity index (χ3v) is 5.81. The Bertz CT molecular complexity index is 835. The molecule has 0 aromatic rings. The van der Waals surface area contributed by atoms with Gasteiger partial charge in [-0.05, 0) is 51.4 Å². The maximum absolute atomic E-state index is 12.0. The molecule has 1 atom stereocenters. The Labute approximate surface area is 229 Å². The number of carbonyl (C=O) groups is 3. The first-order valence-electron chi connectivity index (χ1n) is 13.7. The smallest absolute Gasteiger partial charge is 0.305 e. The quantitative estimate of drug-likeness (QED) is 0.0922. The number of hydrogen-bond acceptors (Lipinski definition) is 5. The lowest BCUT2D eigenvalue weighted by Crippen LogP contribution is -2.46. The standard InChI is InChI=1S/C31H49NO6/c1-5-7-8-9-11-14-17-20-26(6-2)21-18-15-12-10-13-16-19-22-28(35)38-25-31(3,4)29(36)30(37)32-24-23-27(33)34/h7-8,10-11,13-15,18,20,29,36H,5-6,9,12,16-17,19,21-25H2,1-4H3,(H,32,37)(H,33,34). The maximum atomic E-state index is 12.0. The lowest BCUT2D eigenvalue weighted by atomic mass is 9.87. The Morgan fingerprint density at radius 3 is 2.18 bits per heavy atom. The number of unbranched alkanes of at least 4 members (excludes halogenated alkanes) is 1. The van der Waals surface area contributed by atoms with E-state index in [-0.39, 0.29) is 32.0 Å². The van der Waals surface area contributed by atoms with Crippen molar-refractivity contribution in [1.82, 2.24) is 5.32 Å². The van der Waals surface area contributed by atoms with Crippen LogP contribution in [-0.2, 0) is 19.1 Å². The molecule has 38 heavy (non-hydrogen) atoms. The summed E-state index contributed by atoms with van der Waals surface area (Å²) < 4.78 is 5.25. The van der Waals surface area contributed by atoms with Crippen molar-refractivity contribution >= 4 is 17.8 Å². The van der Waals surface area contributed by atoms with E-state index < -0.39 is 23.4 Å². The number of nitrogens with one attached hydrogen (secondary N) is 1. The molecule has 0 aromatic carbocycles. The maximum Gasteiger partial charge on any atom is 0.305 e. The number of allylic oxidation sites excluding steroid dienone is 10. The summed E-state index contributed by atoms with van der Waals surface area (Å²) in [5.74, 6) is -2.10. The minimum absolute atomic E-state index is 0.0727. The van der Waals surface area contributed by atoms with Crippen molar-refractivity contribution < 1.29 is 29.3 Å². The molecule has 1 amide bonds. The molecule has 0 aliphatic carbocycles. The summed E-state index contributed by atoms with van der Waals surface area (Å²) in [6.07, 6.45) is 25.6. The number of rotatable bonds is 21. The number of carboxylic acid groups (broad SMARTS) is 1. The van der Waals surface area contributed by atoms with Crippen molar-refractivity contribution in [3.8, 4) is 0 Å². The molecule has 7 nitrogen and oxygen atoms in total. The predicted molar refractivity (Wildman–Crippen MR) is 154 cm³/mol. The molecule has 3 N–H and O–H groups in total. The van der Waals surface area contributed by atoms with Gasteiger partial charge in [-0.3, -0.25) is 14.4 Å². The number of ether oxygens (including phenoxy) is 1. The van der Waals surface area contributed by atoms with Gasteiger partial charge in [0.15, 0.2) is 0 Å². The number of amides is 1. The highest BCUT2D eigenvalue weighted by molar-refractivity contribution is 5.81. The molecule has 214 valence electrons. The van der Waals surface area contributed by atoms with E-state index in [2.05, 4.69) is 73.8 Å². The summed E-state index contributed by atoms with van der Waals surface area (Å²) >= 11 is 0. The normalized spacial score (nSPS) is 13.7. The van der Waals surface area contributed by atoms with Gasteiger partial charge in [0.2, 0.25) is 5.91 Å². The van der Waals surface area contributed by atoms with Crippen LogP contribution in [0.25, 0.3) is 0 Å². The average Bonchev–Trinajstić information content (AvgIpc) is 2.88. The number of carbonyl (C=O) groups excluding carboxylic acids is 2. The van der Waals surface area contributed by atoms with Gasteiger partial charge in [0.1, 0.15) is 6.10 Å². The molecule has 0 rings (SSSR count). The molecule has 0 spiro atoms. The first kappa shape index (κ1) is 35.1. The Kier molecular flexibility index (Phi) is 20.4. The molecule has 0 saturated heterocycles. The summed E-state index contributed by atoms with van der Waals surface area (Å²) in [5.41, 5.74) is 0.442. The fourth-order valence-corrected chi connectivity index (χ4v) is 3.29. The molecule has 0 radical (unpaired) electrons. The van der Waals surface area contributed by atoms with E-state index in [4.69, 9.17) is 9.84 Å². The van der Waals surface area contributed by atoms with Crippen LogP contribution in [0.1, 0.15) is 91.9 Å². The molecule has 7 heteroatoms. The first-order valence-corrected chi connectivity index (χ1v) is 13.7. The highest BCUT2D eigenvalue weighted by Gasteiger charge is 2.34. The molecule has 0 fully saturated rings. The Morgan fingerprint density at radius 1 is 0.895 bits per heavy atom. The second-order valence-corrected chi connectivity index (χ2v) is 9.80. The van der Waals surface area contributed by atoms with Crippen LogP contribution in [0.3, 0.4) is 0 Å². The molecule has 0 aliphatic heterocycles. The van der Waals surface area contributed by atoms with Gasteiger partial charge >= 0.3 is 11.9 Å². The van der Waals surface area contributed by atoms with Gasteiger partial charge in [-0.2, -0.15) is 0 Å².